The molecule has 0 aromatic rings. The molecule has 1 saturated carbocycles. The van der Waals surface area contributed by atoms with E-state index in [2.05, 4.69) is 18.0 Å². The maximum atomic E-state index is 8.57. The van der Waals surface area contributed by atoms with E-state index in [9.17, 15) is 0 Å². The predicted octanol–water partition coefficient (Wildman–Crippen LogP) is 2.38. The lowest BCUT2D eigenvalue weighted by Gasteiger charge is -2.31. The fourth-order valence-electron chi connectivity index (χ4n) is 1.96. The highest BCUT2D eigenvalue weighted by Crippen LogP contribution is 2.21. The van der Waals surface area contributed by atoms with Gasteiger partial charge in [-0.05, 0) is 19.9 Å². The van der Waals surface area contributed by atoms with Crippen LogP contribution in [0.2, 0.25) is 0 Å². The normalized spacial score (nSPS) is 21.4. The standard InChI is InChI=1S/C10H17ClN2/c1-13(8-9(11)7-12)10-5-3-2-4-6-10/h9-10H,2-6,8H2,1H3. The van der Waals surface area contributed by atoms with Crippen molar-refractivity contribution in [2.24, 2.45) is 0 Å². The number of hydrogen-bond acceptors (Lipinski definition) is 2. The van der Waals surface area contributed by atoms with Gasteiger partial charge in [0.2, 0.25) is 0 Å². The van der Waals surface area contributed by atoms with Crippen LogP contribution in [0.1, 0.15) is 32.1 Å². The van der Waals surface area contributed by atoms with Crippen LogP contribution in [0, 0.1) is 11.3 Å². The molecule has 1 aliphatic carbocycles. The minimum Gasteiger partial charge on any atom is -0.301 e. The van der Waals surface area contributed by atoms with Crippen LogP contribution in [0.5, 0.6) is 0 Å². The molecule has 0 aliphatic heterocycles. The minimum absolute atomic E-state index is 0.355. The number of nitriles is 1. The van der Waals surface area contributed by atoms with Crippen molar-refractivity contribution in [1.29, 1.82) is 5.26 Å². The summed E-state index contributed by atoms with van der Waals surface area (Å²) in [5.41, 5.74) is 0. The maximum Gasteiger partial charge on any atom is 0.133 e. The smallest absolute Gasteiger partial charge is 0.133 e. The quantitative estimate of drug-likeness (QED) is 0.655. The summed E-state index contributed by atoms with van der Waals surface area (Å²) in [6, 6.07) is 2.71. The molecule has 0 saturated heterocycles. The summed E-state index contributed by atoms with van der Waals surface area (Å²) in [4.78, 5) is 2.24. The van der Waals surface area contributed by atoms with Crippen molar-refractivity contribution in [1.82, 2.24) is 4.90 Å². The van der Waals surface area contributed by atoms with Gasteiger partial charge in [0.1, 0.15) is 5.38 Å². The van der Waals surface area contributed by atoms with Crippen LogP contribution in [-0.4, -0.2) is 29.9 Å². The number of hydrogen-bond donors (Lipinski definition) is 0. The highest BCUT2D eigenvalue weighted by molar-refractivity contribution is 6.22. The van der Waals surface area contributed by atoms with Gasteiger partial charge in [-0.2, -0.15) is 5.26 Å². The summed E-state index contributed by atoms with van der Waals surface area (Å²) < 4.78 is 0. The topological polar surface area (TPSA) is 27.0 Å². The summed E-state index contributed by atoms with van der Waals surface area (Å²) in [6.45, 7) is 0.697. The monoisotopic (exact) mass is 200 g/mol. The second kappa shape index (κ2) is 5.47. The van der Waals surface area contributed by atoms with Gasteiger partial charge in [0.05, 0.1) is 6.07 Å². The second-order valence-electron chi connectivity index (χ2n) is 3.83. The van der Waals surface area contributed by atoms with Crippen molar-refractivity contribution >= 4 is 11.6 Å². The Labute approximate surface area is 85.5 Å². The number of alkyl halides is 1. The molecule has 0 amide bonds. The van der Waals surface area contributed by atoms with E-state index < -0.39 is 0 Å². The van der Waals surface area contributed by atoms with Crippen LogP contribution in [0.4, 0.5) is 0 Å². The molecule has 1 rings (SSSR count). The molecule has 0 aromatic carbocycles. The summed E-state index contributed by atoms with van der Waals surface area (Å²) in [5, 5.41) is 8.22. The summed E-state index contributed by atoms with van der Waals surface area (Å²) in [5.74, 6) is 0. The Morgan fingerprint density at radius 3 is 2.62 bits per heavy atom. The van der Waals surface area contributed by atoms with Crippen molar-refractivity contribution in [2.45, 2.75) is 43.5 Å². The second-order valence-corrected chi connectivity index (χ2v) is 4.35. The lowest BCUT2D eigenvalue weighted by atomic mass is 9.94. The largest absolute Gasteiger partial charge is 0.301 e. The SMILES string of the molecule is CN(CC(Cl)C#N)C1CCCCC1. The van der Waals surface area contributed by atoms with Gasteiger partial charge in [0, 0.05) is 12.6 Å². The Bertz CT molecular complexity index is 182. The van der Waals surface area contributed by atoms with Gasteiger partial charge in [-0.3, -0.25) is 0 Å². The fourth-order valence-corrected chi connectivity index (χ4v) is 2.18. The molecule has 0 heterocycles. The lowest BCUT2D eigenvalue weighted by Crippen LogP contribution is -2.36. The first-order chi connectivity index (χ1) is 6.24. The molecule has 0 spiro atoms. The highest BCUT2D eigenvalue weighted by atomic mass is 35.5. The van der Waals surface area contributed by atoms with E-state index in [-0.39, 0.29) is 5.38 Å². The average Bonchev–Trinajstić information content (AvgIpc) is 2.19. The van der Waals surface area contributed by atoms with Gasteiger partial charge in [-0.15, -0.1) is 11.6 Å². The van der Waals surface area contributed by atoms with E-state index in [1.165, 1.54) is 32.1 Å². The molecule has 1 aliphatic rings. The third kappa shape index (κ3) is 3.54. The van der Waals surface area contributed by atoms with E-state index >= 15 is 0 Å². The Morgan fingerprint density at radius 1 is 1.46 bits per heavy atom. The zero-order valence-electron chi connectivity index (χ0n) is 8.17. The van der Waals surface area contributed by atoms with Crippen molar-refractivity contribution in [3.63, 3.8) is 0 Å². The fraction of sp³-hybridized carbons (Fsp3) is 0.900. The maximum absolute atomic E-state index is 8.57. The molecule has 0 radical (unpaired) electrons. The van der Waals surface area contributed by atoms with Gasteiger partial charge in [0.25, 0.3) is 0 Å². The van der Waals surface area contributed by atoms with E-state index in [1.807, 2.05) is 0 Å². The van der Waals surface area contributed by atoms with Crippen molar-refractivity contribution in [3.05, 3.63) is 0 Å². The molecular formula is C10H17ClN2. The Hall–Kier alpha value is -0.260. The van der Waals surface area contributed by atoms with Crippen LogP contribution < -0.4 is 0 Å². The minimum atomic E-state index is -0.355. The Balaban J connectivity index is 2.29. The van der Waals surface area contributed by atoms with Gasteiger partial charge in [0.15, 0.2) is 0 Å². The van der Waals surface area contributed by atoms with Gasteiger partial charge in [-0.1, -0.05) is 19.3 Å². The van der Waals surface area contributed by atoms with E-state index in [0.29, 0.717) is 12.6 Å². The van der Waals surface area contributed by atoms with E-state index in [4.69, 9.17) is 16.9 Å². The molecule has 0 N–H and O–H groups in total. The highest BCUT2D eigenvalue weighted by Gasteiger charge is 2.19. The summed E-state index contributed by atoms with van der Waals surface area (Å²) in [7, 11) is 2.07. The first-order valence-electron chi connectivity index (χ1n) is 4.98. The first kappa shape index (κ1) is 10.8. The predicted molar refractivity (Wildman–Crippen MR) is 54.8 cm³/mol. The summed E-state index contributed by atoms with van der Waals surface area (Å²) in [6.07, 6.45) is 6.56. The third-order valence-electron chi connectivity index (χ3n) is 2.79. The number of rotatable bonds is 3. The van der Waals surface area contributed by atoms with Crippen LogP contribution >= 0.6 is 11.6 Å². The van der Waals surface area contributed by atoms with E-state index in [1.54, 1.807) is 0 Å². The van der Waals surface area contributed by atoms with Crippen molar-refractivity contribution < 1.29 is 0 Å². The molecule has 74 valence electrons. The Morgan fingerprint density at radius 2 is 2.08 bits per heavy atom. The number of halogens is 1. The molecule has 1 fully saturated rings. The van der Waals surface area contributed by atoms with Crippen LogP contribution in [0.15, 0.2) is 0 Å². The average molecular weight is 201 g/mol. The molecule has 1 unspecified atom stereocenters. The van der Waals surface area contributed by atoms with Crippen molar-refractivity contribution in [2.75, 3.05) is 13.6 Å². The third-order valence-corrected chi connectivity index (χ3v) is 3.02. The molecule has 0 aromatic heterocycles. The summed E-state index contributed by atoms with van der Waals surface area (Å²) >= 11 is 5.78. The lowest BCUT2D eigenvalue weighted by molar-refractivity contribution is 0.196. The van der Waals surface area contributed by atoms with Gasteiger partial charge >= 0.3 is 0 Å². The molecule has 0 bridgehead atoms. The zero-order chi connectivity index (χ0) is 9.68. The van der Waals surface area contributed by atoms with Crippen LogP contribution in [0.25, 0.3) is 0 Å². The molecule has 1 atom stereocenters. The van der Waals surface area contributed by atoms with Crippen LogP contribution in [-0.2, 0) is 0 Å². The number of nitrogens with zero attached hydrogens (tertiary/aromatic N) is 2. The van der Waals surface area contributed by atoms with Crippen LogP contribution in [0.3, 0.4) is 0 Å². The van der Waals surface area contributed by atoms with Crippen molar-refractivity contribution in [3.8, 4) is 6.07 Å². The molecule has 2 nitrogen and oxygen atoms in total. The Kier molecular flexibility index (Phi) is 4.55. The van der Waals surface area contributed by atoms with Gasteiger partial charge < -0.3 is 4.90 Å². The zero-order valence-corrected chi connectivity index (χ0v) is 8.93. The molecule has 3 heteroatoms. The first-order valence-corrected chi connectivity index (χ1v) is 5.41. The van der Waals surface area contributed by atoms with E-state index in [0.717, 1.165) is 0 Å². The molecule has 13 heavy (non-hydrogen) atoms. The molecular weight excluding hydrogens is 184 g/mol. The van der Waals surface area contributed by atoms with Gasteiger partial charge in [-0.25, -0.2) is 0 Å².